The van der Waals surface area contributed by atoms with Crippen molar-refractivity contribution in [1.82, 2.24) is 0 Å². The van der Waals surface area contributed by atoms with Gasteiger partial charge in [0.05, 0.1) is 6.10 Å². The maximum absolute atomic E-state index is 10.6. The number of carboxylic acid groups (broad SMARTS) is 1. The molecule has 0 spiro atoms. The van der Waals surface area contributed by atoms with Gasteiger partial charge in [-0.1, -0.05) is 0 Å². The molecule has 1 unspecified atom stereocenters. The molecule has 0 amide bonds. The number of carboxylic acids is 1. The first-order valence-electron chi connectivity index (χ1n) is 6.36. The van der Waals surface area contributed by atoms with E-state index in [1.165, 1.54) is 0 Å². The lowest BCUT2D eigenvalue weighted by atomic mass is 10.2. The third-order valence-electron chi connectivity index (χ3n) is 2.74. The largest absolute Gasteiger partial charge is 0.491 e. The molecule has 1 aromatic rings. The van der Waals surface area contributed by atoms with Gasteiger partial charge in [-0.15, -0.1) is 0 Å². The molecule has 0 radical (unpaired) electrons. The number of carbonyl (C=O) groups is 1. The molecule has 0 aliphatic carbocycles. The molecule has 0 fully saturated rings. The van der Waals surface area contributed by atoms with Gasteiger partial charge in [0.15, 0.2) is 0 Å². The monoisotopic (exact) mass is 266 g/mol. The van der Waals surface area contributed by atoms with Crippen LogP contribution in [0.25, 0.3) is 0 Å². The summed E-state index contributed by atoms with van der Waals surface area (Å²) in [5, 5.41) is 8.73. The number of rotatable bonds is 7. The van der Waals surface area contributed by atoms with Crippen molar-refractivity contribution in [2.75, 3.05) is 18.5 Å². The van der Waals surface area contributed by atoms with Crippen LogP contribution in [0.3, 0.4) is 0 Å². The van der Waals surface area contributed by atoms with E-state index in [1.807, 2.05) is 50.1 Å². The van der Waals surface area contributed by atoms with Gasteiger partial charge in [0.2, 0.25) is 0 Å². The van der Waals surface area contributed by atoms with Gasteiger partial charge < -0.3 is 20.5 Å². The topological polar surface area (TPSA) is 75.8 Å². The van der Waals surface area contributed by atoms with Crippen LogP contribution in [0.5, 0.6) is 5.75 Å². The smallest absolute Gasteiger partial charge is 0.320 e. The number of anilines is 1. The van der Waals surface area contributed by atoms with Gasteiger partial charge in [0.25, 0.3) is 0 Å². The molecular weight excluding hydrogens is 244 g/mol. The van der Waals surface area contributed by atoms with Crippen LogP contribution in [0.4, 0.5) is 5.69 Å². The van der Waals surface area contributed by atoms with E-state index in [1.54, 1.807) is 0 Å². The second-order valence-electron chi connectivity index (χ2n) is 4.82. The van der Waals surface area contributed by atoms with Gasteiger partial charge in [-0.3, -0.25) is 4.79 Å². The highest BCUT2D eigenvalue weighted by Gasteiger charge is 2.12. The molecule has 1 atom stereocenters. The maximum Gasteiger partial charge on any atom is 0.320 e. The second kappa shape index (κ2) is 6.99. The Kier molecular flexibility index (Phi) is 5.63. The van der Waals surface area contributed by atoms with Gasteiger partial charge in [0, 0.05) is 19.3 Å². The minimum absolute atomic E-state index is 0.150. The van der Waals surface area contributed by atoms with Gasteiger partial charge >= 0.3 is 5.97 Å². The molecule has 19 heavy (non-hydrogen) atoms. The molecule has 0 heterocycles. The van der Waals surface area contributed by atoms with E-state index >= 15 is 0 Å². The van der Waals surface area contributed by atoms with E-state index in [-0.39, 0.29) is 6.10 Å². The maximum atomic E-state index is 10.6. The molecule has 5 nitrogen and oxygen atoms in total. The second-order valence-corrected chi connectivity index (χ2v) is 4.82. The van der Waals surface area contributed by atoms with Crippen LogP contribution in [-0.2, 0) is 4.79 Å². The van der Waals surface area contributed by atoms with E-state index in [2.05, 4.69) is 0 Å². The molecule has 0 bridgehead atoms. The van der Waals surface area contributed by atoms with Crippen molar-refractivity contribution >= 4 is 11.7 Å². The Bertz CT molecular complexity index is 404. The van der Waals surface area contributed by atoms with Crippen LogP contribution < -0.4 is 15.4 Å². The highest BCUT2D eigenvalue weighted by molar-refractivity contribution is 5.73. The number of hydrogen-bond acceptors (Lipinski definition) is 4. The summed E-state index contributed by atoms with van der Waals surface area (Å²) in [6.45, 7) is 4.55. The van der Waals surface area contributed by atoms with Crippen molar-refractivity contribution in [2.24, 2.45) is 5.73 Å². The van der Waals surface area contributed by atoms with E-state index < -0.39 is 12.0 Å². The summed E-state index contributed by atoms with van der Waals surface area (Å²) < 4.78 is 5.56. The molecular formula is C14H22N2O3. The average Bonchev–Trinajstić information content (AvgIpc) is 2.35. The van der Waals surface area contributed by atoms with E-state index in [0.717, 1.165) is 11.4 Å². The van der Waals surface area contributed by atoms with Crippen molar-refractivity contribution < 1.29 is 14.6 Å². The Labute approximate surface area is 114 Å². The number of hydrogen-bond donors (Lipinski definition) is 2. The molecule has 1 rings (SSSR count). The number of benzene rings is 1. The predicted octanol–water partition coefficient (Wildman–Crippen LogP) is 1.71. The Morgan fingerprint density at radius 1 is 1.37 bits per heavy atom. The molecule has 0 aliphatic heterocycles. The van der Waals surface area contributed by atoms with Gasteiger partial charge in [0.1, 0.15) is 11.8 Å². The lowest BCUT2D eigenvalue weighted by Crippen LogP contribution is -2.34. The number of aliphatic carboxylic acids is 1. The van der Waals surface area contributed by atoms with Gasteiger partial charge in [-0.05, 0) is 44.5 Å². The van der Waals surface area contributed by atoms with E-state index in [0.29, 0.717) is 13.0 Å². The molecule has 0 aromatic heterocycles. The van der Waals surface area contributed by atoms with Crippen LogP contribution in [-0.4, -0.2) is 36.8 Å². The average molecular weight is 266 g/mol. The van der Waals surface area contributed by atoms with E-state index in [4.69, 9.17) is 15.6 Å². The van der Waals surface area contributed by atoms with Crippen LogP contribution in [0.15, 0.2) is 24.3 Å². The van der Waals surface area contributed by atoms with Crippen molar-refractivity contribution in [3.63, 3.8) is 0 Å². The third-order valence-corrected chi connectivity index (χ3v) is 2.74. The fourth-order valence-corrected chi connectivity index (χ4v) is 1.64. The molecule has 0 saturated carbocycles. The number of nitrogens with two attached hydrogens (primary N) is 1. The van der Waals surface area contributed by atoms with Crippen LogP contribution in [0.2, 0.25) is 0 Å². The normalized spacial score (nSPS) is 12.3. The Morgan fingerprint density at radius 2 is 1.95 bits per heavy atom. The first-order chi connectivity index (χ1) is 8.90. The summed E-state index contributed by atoms with van der Waals surface area (Å²) in [6.07, 6.45) is 0.563. The fourth-order valence-electron chi connectivity index (χ4n) is 1.64. The van der Waals surface area contributed by atoms with Crippen LogP contribution in [0, 0.1) is 0 Å². The quantitative estimate of drug-likeness (QED) is 0.785. The van der Waals surface area contributed by atoms with Crippen molar-refractivity contribution in [1.29, 1.82) is 0 Å². The molecule has 0 aliphatic rings. The van der Waals surface area contributed by atoms with Crippen molar-refractivity contribution in [2.45, 2.75) is 32.4 Å². The molecule has 3 N–H and O–H groups in total. The fraction of sp³-hybridized carbons (Fsp3) is 0.500. The van der Waals surface area contributed by atoms with Gasteiger partial charge in [-0.25, -0.2) is 0 Å². The summed E-state index contributed by atoms with van der Waals surface area (Å²) in [7, 11) is 1.91. The molecule has 106 valence electrons. The summed E-state index contributed by atoms with van der Waals surface area (Å²) in [5.74, 6) is -0.136. The summed E-state index contributed by atoms with van der Waals surface area (Å²) in [4.78, 5) is 12.6. The summed E-state index contributed by atoms with van der Waals surface area (Å²) >= 11 is 0. The zero-order valence-electron chi connectivity index (χ0n) is 11.7. The molecule has 5 heteroatoms. The summed E-state index contributed by atoms with van der Waals surface area (Å²) in [5.41, 5.74) is 6.48. The summed E-state index contributed by atoms with van der Waals surface area (Å²) in [6, 6.07) is 6.89. The number of nitrogens with zero attached hydrogens (tertiary/aromatic N) is 1. The Hall–Kier alpha value is -1.75. The minimum Gasteiger partial charge on any atom is -0.491 e. The van der Waals surface area contributed by atoms with E-state index in [9.17, 15) is 4.79 Å². The SMILES string of the molecule is CC(C)Oc1ccc(N(C)CCC(N)C(=O)O)cc1. The first kappa shape index (κ1) is 15.3. The predicted molar refractivity (Wildman–Crippen MR) is 75.7 cm³/mol. The Balaban J connectivity index is 2.53. The molecule has 1 aromatic carbocycles. The number of ether oxygens (including phenoxy) is 1. The zero-order chi connectivity index (χ0) is 14.4. The van der Waals surface area contributed by atoms with Gasteiger partial charge in [-0.2, -0.15) is 0 Å². The Morgan fingerprint density at radius 3 is 2.42 bits per heavy atom. The van der Waals surface area contributed by atoms with Crippen molar-refractivity contribution in [3.8, 4) is 5.75 Å². The lowest BCUT2D eigenvalue weighted by molar-refractivity contribution is -0.138. The highest BCUT2D eigenvalue weighted by Crippen LogP contribution is 2.19. The third kappa shape index (κ3) is 5.18. The first-order valence-corrected chi connectivity index (χ1v) is 6.36. The van der Waals surface area contributed by atoms with Crippen molar-refractivity contribution in [3.05, 3.63) is 24.3 Å². The lowest BCUT2D eigenvalue weighted by Gasteiger charge is -2.21. The highest BCUT2D eigenvalue weighted by atomic mass is 16.5. The van der Waals surface area contributed by atoms with Crippen LogP contribution >= 0.6 is 0 Å². The standard InChI is InChI=1S/C14H22N2O3/c1-10(2)19-12-6-4-11(5-7-12)16(3)9-8-13(15)14(17)18/h4-7,10,13H,8-9,15H2,1-3H3,(H,17,18). The zero-order valence-corrected chi connectivity index (χ0v) is 11.7. The molecule has 0 saturated heterocycles. The minimum atomic E-state index is -0.964. The van der Waals surface area contributed by atoms with Crippen LogP contribution in [0.1, 0.15) is 20.3 Å².